The molecule has 2 aromatic carbocycles. The maximum absolute atomic E-state index is 10.9. The van der Waals surface area contributed by atoms with Gasteiger partial charge in [0.2, 0.25) is 0 Å². The van der Waals surface area contributed by atoms with Gasteiger partial charge in [-0.25, -0.2) is 0 Å². The number of ether oxygens (including phenoxy) is 2. The monoisotopic (exact) mass is 401 g/mol. The van der Waals surface area contributed by atoms with E-state index in [1.807, 2.05) is 0 Å². The molecule has 0 aromatic heterocycles. The standard InChI is InChI=1S/C15H13Cl2N3O4S/c1-23-13-7-14(24-2)12(6-10(13)17)19-15(25)18-11-5-8(20(21)22)3-4-9(11)16/h3-7H,1-2H3,(H2,18,19,25). The fourth-order valence-corrected chi connectivity index (χ4v) is 2.58. The molecule has 2 aromatic rings. The van der Waals surface area contributed by atoms with E-state index in [4.69, 9.17) is 44.9 Å². The van der Waals surface area contributed by atoms with Gasteiger partial charge in [0, 0.05) is 18.2 Å². The van der Waals surface area contributed by atoms with E-state index >= 15 is 0 Å². The highest BCUT2D eigenvalue weighted by molar-refractivity contribution is 7.80. The molecule has 0 atom stereocenters. The number of nitro groups is 1. The molecule has 0 saturated heterocycles. The normalized spacial score (nSPS) is 10.1. The molecule has 7 nitrogen and oxygen atoms in total. The van der Waals surface area contributed by atoms with Gasteiger partial charge in [0.15, 0.2) is 5.11 Å². The summed E-state index contributed by atoms with van der Waals surface area (Å²) in [5, 5.41) is 17.4. The molecule has 2 N–H and O–H groups in total. The first-order chi connectivity index (χ1) is 11.8. The van der Waals surface area contributed by atoms with Crippen LogP contribution in [0, 0.1) is 10.1 Å². The zero-order chi connectivity index (χ0) is 18.6. The van der Waals surface area contributed by atoms with Gasteiger partial charge in [-0.15, -0.1) is 0 Å². The molecule has 0 saturated carbocycles. The smallest absolute Gasteiger partial charge is 0.271 e. The molecule has 0 aliphatic heterocycles. The number of nitrogens with one attached hydrogen (secondary N) is 2. The largest absolute Gasteiger partial charge is 0.495 e. The van der Waals surface area contributed by atoms with Crippen LogP contribution in [0.3, 0.4) is 0 Å². The predicted octanol–water partition coefficient (Wildman–Crippen LogP) is 4.73. The minimum atomic E-state index is -0.524. The molecular weight excluding hydrogens is 389 g/mol. The Morgan fingerprint density at radius 1 is 1.04 bits per heavy atom. The Bertz CT molecular complexity index is 833. The minimum absolute atomic E-state index is 0.111. The van der Waals surface area contributed by atoms with Gasteiger partial charge in [-0.05, 0) is 24.4 Å². The van der Waals surface area contributed by atoms with Gasteiger partial charge >= 0.3 is 0 Å². The molecule has 10 heteroatoms. The summed E-state index contributed by atoms with van der Waals surface area (Å²) in [6.45, 7) is 0. The van der Waals surface area contributed by atoms with Crippen molar-refractivity contribution in [2.24, 2.45) is 0 Å². The number of halogens is 2. The SMILES string of the molecule is COc1cc(OC)c(NC(=S)Nc2cc([N+](=O)[O-])ccc2Cl)cc1Cl. The Hall–Kier alpha value is -2.29. The highest BCUT2D eigenvalue weighted by Crippen LogP contribution is 2.36. The van der Waals surface area contributed by atoms with Crippen LogP contribution in [0.25, 0.3) is 0 Å². The van der Waals surface area contributed by atoms with Gasteiger partial charge in [-0.2, -0.15) is 0 Å². The molecule has 0 aliphatic rings. The molecule has 0 aliphatic carbocycles. The summed E-state index contributed by atoms with van der Waals surface area (Å²) < 4.78 is 10.4. The van der Waals surface area contributed by atoms with Crippen LogP contribution in [0.5, 0.6) is 11.5 Å². The van der Waals surface area contributed by atoms with E-state index in [2.05, 4.69) is 10.6 Å². The summed E-state index contributed by atoms with van der Waals surface area (Å²) in [7, 11) is 2.98. The highest BCUT2D eigenvalue weighted by Gasteiger charge is 2.14. The van der Waals surface area contributed by atoms with E-state index in [0.717, 1.165) is 0 Å². The first-order valence-corrected chi connectivity index (χ1v) is 7.95. The lowest BCUT2D eigenvalue weighted by Crippen LogP contribution is -2.19. The fourth-order valence-electron chi connectivity index (χ4n) is 1.96. The second-order valence-electron chi connectivity index (χ2n) is 4.69. The molecule has 25 heavy (non-hydrogen) atoms. The number of rotatable bonds is 5. The summed E-state index contributed by atoms with van der Waals surface area (Å²) in [6, 6.07) is 7.19. The fraction of sp³-hybridized carbons (Fsp3) is 0.133. The molecule has 2 rings (SSSR count). The number of methoxy groups -OCH3 is 2. The van der Waals surface area contributed by atoms with Crippen molar-refractivity contribution >= 4 is 57.6 Å². The number of anilines is 2. The first-order valence-electron chi connectivity index (χ1n) is 6.79. The average Bonchev–Trinajstić information content (AvgIpc) is 2.56. The Kier molecular flexibility index (Phi) is 6.24. The third-order valence-corrected chi connectivity index (χ3v) is 3.96. The number of hydrogen-bond donors (Lipinski definition) is 2. The summed E-state index contributed by atoms with van der Waals surface area (Å²) in [5.74, 6) is 0.903. The zero-order valence-electron chi connectivity index (χ0n) is 13.1. The Balaban J connectivity index is 2.22. The second kappa shape index (κ2) is 8.19. The second-order valence-corrected chi connectivity index (χ2v) is 5.91. The molecule has 0 amide bonds. The van der Waals surface area contributed by atoms with Crippen molar-refractivity contribution in [2.45, 2.75) is 0 Å². The van der Waals surface area contributed by atoms with Gasteiger partial charge in [-0.3, -0.25) is 10.1 Å². The lowest BCUT2D eigenvalue weighted by Gasteiger charge is -2.15. The summed E-state index contributed by atoms with van der Waals surface area (Å²) >= 11 is 17.4. The van der Waals surface area contributed by atoms with E-state index in [-0.39, 0.29) is 15.8 Å². The Morgan fingerprint density at radius 3 is 2.28 bits per heavy atom. The van der Waals surface area contributed by atoms with Crippen LogP contribution in [-0.4, -0.2) is 24.3 Å². The van der Waals surface area contributed by atoms with E-state index in [0.29, 0.717) is 27.9 Å². The molecule has 0 spiro atoms. The lowest BCUT2D eigenvalue weighted by atomic mass is 10.2. The summed E-state index contributed by atoms with van der Waals surface area (Å²) in [5.41, 5.74) is 0.680. The number of nitro benzene ring substituents is 1. The van der Waals surface area contributed by atoms with Gasteiger partial charge < -0.3 is 20.1 Å². The van der Waals surface area contributed by atoms with Crippen molar-refractivity contribution in [1.29, 1.82) is 0 Å². The molecule has 132 valence electrons. The third-order valence-electron chi connectivity index (χ3n) is 3.13. The lowest BCUT2D eigenvalue weighted by molar-refractivity contribution is -0.384. The zero-order valence-corrected chi connectivity index (χ0v) is 15.5. The van der Waals surface area contributed by atoms with Gasteiger partial charge in [0.05, 0.1) is 40.6 Å². The van der Waals surface area contributed by atoms with E-state index in [9.17, 15) is 10.1 Å². The van der Waals surface area contributed by atoms with E-state index < -0.39 is 4.92 Å². The van der Waals surface area contributed by atoms with Gasteiger partial charge in [0.25, 0.3) is 5.69 Å². The van der Waals surface area contributed by atoms with Crippen molar-refractivity contribution < 1.29 is 14.4 Å². The summed E-state index contributed by atoms with van der Waals surface area (Å²) in [6.07, 6.45) is 0. The van der Waals surface area contributed by atoms with Crippen LogP contribution < -0.4 is 20.1 Å². The number of non-ortho nitro benzene ring substituents is 1. The molecule has 0 heterocycles. The van der Waals surface area contributed by atoms with Crippen molar-refractivity contribution in [2.75, 3.05) is 24.9 Å². The quantitative estimate of drug-likeness (QED) is 0.425. The number of benzene rings is 2. The van der Waals surface area contributed by atoms with Crippen LogP contribution in [-0.2, 0) is 0 Å². The van der Waals surface area contributed by atoms with E-state index in [1.165, 1.54) is 32.4 Å². The Labute approximate surface area is 159 Å². The summed E-state index contributed by atoms with van der Waals surface area (Å²) in [4.78, 5) is 10.3. The molecule has 0 unspecified atom stereocenters. The van der Waals surface area contributed by atoms with Crippen LogP contribution >= 0.6 is 35.4 Å². The maximum Gasteiger partial charge on any atom is 0.271 e. The van der Waals surface area contributed by atoms with Crippen LogP contribution in [0.4, 0.5) is 17.1 Å². The minimum Gasteiger partial charge on any atom is -0.495 e. The van der Waals surface area contributed by atoms with Crippen molar-refractivity contribution in [3.8, 4) is 11.5 Å². The molecule has 0 radical (unpaired) electrons. The Morgan fingerprint density at radius 2 is 1.68 bits per heavy atom. The highest BCUT2D eigenvalue weighted by atomic mass is 35.5. The first kappa shape index (κ1) is 19.0. The van der Waals surface area contributed by atoms with Crippen molar-refractivity contribution in [1.82, 2.24) is 0 Å². The van der Waals surface area contributed by atoms with Crippen molar-refractivity contribution in [3.63, 3.8) is 0 Å². The average molecular weight is 402 g/mol. The maximum atomic E-state index is 10.9. The molecular formula is C15H13Cl2N3O4S. The predicted molar refractivity (Wildman–Crippen MR) is 103 cm³/mol. The van der Waals surface area contributed by atoms with Crippen LogP contribution in [0.15, 0.2) is 30.3 Å². The van der Waals surface area contributed by atoms with Gasteiger partial charge in [0.1, 0.15) is 11.5 Å². The van der Waals surface area contributed by atoms with Crippen molar-refractivity contribution in [3.05, 3.63) is 50.5 Å². The number of nitrogens with zero attached hydrogens (tertiary/aromatic N) is 1. The topological polar surface area (TPSA) is 85.7 Å². The van der Waals surface area contributed by atoms with E-state index in [1.54, 1.807) is 12.1 Å². The van der Waals surface area contributed by atoms with Crippen LogP contribution in [0.1, 0.15) is 0 Å². The number of thiocarbonyl (C=S) groups is 1. The third kappa shape index (κ3) is 4.62. The van der Waals surface area contributed by atoms with Crippen LogP contribution in [0.2, 0.25) is 10.0 Å². The number of hydrogen-bond acceptors (Lipinski definition) is 5. The molecule has 0 bridgehead atoms. The molecule has 0 fully saturated rings. The van der Waals surface area contributed by atoms with Gasteiger partial charge in [-0.1, -0.05) is 23.2 Å².